The minimum atomic E-state index is 0.427. The molecule has 0 bridgehead atoms. The Kier molecular flexibility index (Phi) is 3.52. The topological polar surface area (TPSA) is 48.5 Å². The van der Waals surface area contributed by atoms with Gasteiger partial charge in [0.15, 0.2) is 0 Å². The highest BCUT2D eigenvalue weighted by molar-refractivity contribution is 5.34. The molecule has 0 spiro atoms. The maximum atomic E-state index is 8.21. The van der Waals surface area contributed by atoms with Crippen LogP contribution in [0.2, 0.25) is 0 Å². The van der Waals surface area contributed by atoms with E-state index >= 15 is 0 Å². The summed E-state index contributed by atoms with van der Waals surface area (Å²) in [5, 5.41) is 16.0. The highest BCUT2D eigenvalue weighted by Gasteiger charge is 1.83. The Bertz CT molecular complexity index is 284. The van der Waals surface area contributed by atoms with Gasteiger partial charge in [-0.3, -0.25) is 0 Å². The molecular formula is C9H9N3. The number of nitrogens with zero attached hydrogens (tertiary/aromatic N) is 3. The highest BCUT2D eigenvalue weighted by Crippen LogP contribution is 2.09. The monoisotopic (exact) mass is 159 g/mol. The molecule has 0 atom stereocenters. The Morgan fingerprint density at radius 3 is 2.67 bits per heavy atom. The van der Waals surface area contributed by atoms with Crippen LogP contribution < -0.4 is 0 Å². The fraction of sp³-hybridized carbons (Fsp3) is 0.222. The van der Waals surface area contributed by atoms with E-state index in [0.717, 1.165) is 5.69 Å². The minimum absolute atomic E-state index is 0.427. The fourth-order valence-electron chi connectivity index (χ4n) is 0.726. The van der Waals surface area contributed by atoms with Gasteiger partial charge in [-0.25, -0.2) is 0 Å². The summed E-state index contributed by atoms with van der Waals surface area (Å²) >= 11 is 0. The zero-order valence-corrected chi connectivity index (χ0v) is 6.64. The smallest absolute Gasteiger partial charge is 0.0852 e. The summed E-state index contributed by atoms with van der Waals surface area (Å²) in [5.74, 6) is 0. The van der Waals surface area contributed by atoms with Gasteiger partial charge in [0.2, 0.25) is 0 Å². The summed E-state index contributed by atoms with van der Waals surface area (Å²) in [5.41, 5.74) is 0.829. The first kappa shape index (κ1) is 8.41. The lowest BCUT2D eigenvalue weighted by molar-refractivity contribution is 0.935. The minimum Gasteiger partial charge on any atom is -0.198 e. The Balaban J connectivity index is 2.43. The first-order valence-electron chi connectivity index (χ1n) is 3.73. The van der Waals surface area contributed by atoms with Crippen LogP contribution in [0.4, 0.5) is 5.69 Å². The molecule has 0 amide bonds. The van der Waals surface area contributed by atoms with E-state index < -0.39 is 0 Å². The Morgan fingerprint density at radius 1 is 1.25 bits per heavy atom. The SMILES string of the molecule is N#CCC/N=N/c1ccccc1. The van der Waals surface area contributed by atoms with Crippen molar-refractivity contribution in [3.8, 4) is 6.07 Å². The van der Waals surface area contributed by atoms with E-state index in [1.807, 2.05) is 36.4 Å². The summed E-state index contributed by atoms with van der Waals surface area (Å²) in [6, 6.07) is 11.5. The van der Waals surface area contributed by atoms with E-state index in [9.17, 15) is 0 Å². The zero-order valence-electron chi connectivity index (χ0n) is 6.64. The third kappa shape index (κ3) is 2.93. The molecule has 3 nitrogen and oxygen atoms in total. The lowest BCUT2D eigenvalue weighted by atomic mass is 10.3. The van der Waals surface area contributed by atoms with Crippen molar-refractivity contribution in [1.82, 2.24) is 0 Å². The molecule has 12 heavy (non-hydrogen) atoms. The lowest BCUT2D eigenvalue weighted by Crippen LogP contribution is -1.72. The summed E-state index contributed by atoms with van der Waals surface area (Å²) in [7, 11) is 0. The predicted octanol–water partition coefficient (Wildman–Crippen LogP) is 2.68. The van der Waals surface area contributed by atoms with Crippen molar-refractivity contribution in [2.75, 3.05) is 6.54 Å². The molecule has 1 aromatic rings. The molecule has 1 rings (SSSR count). The van der Waals surface area contributed by atoms with Gasteiger partial charge in [-0.2, -0.15) is 15.5 Å². The maximum absolute atomic E-state index is 8.21. The number of hydrogen-bond donors (Lipinski definition) is 0. The molecule has 0 heterocycles. The van der Waals surface area contributed by atoms with Crippen molar-refractivity contribution in [2.24, 2.45) is 10.2 Å². The first-order valence-corrected chi connectivity index (χ1v) is 3.73. The van der Waals surface area contributed by atoms with Crippen molar-refractivity contribution < 1.29 is 0 Å². The number of hydrogen-bond acceptors (Lipinski definition) is 3. The summed E-state index contributed by atoms with van der Waals surface area (Å²) in [4.78, 5) is 0. The van der Waals surface area contributed by atoms with E-state index in [-0.39, 0.29) is 0 Å². The fourth-order valence-corrected chi connectivity index (χ4v) is 0.726. The standard InChI is InChI=1S/C9H9N3/c10-7-4-8-11-12-9-5-2-1-3-6-9/h1-3,5-6H,4,8H2/b12-11+. The van der Waals surface area contributed by atoms with Crippen molar-refractivity contribution in [3.63, 3.8) is 0 Å². The molecule has 0 saturated carbocycles. The van der Waals surface area contributed by atoms with Crippen LogP contribution in [0.15, 0.2) is 40.6 Å². The molecule has 0 saturated heterocycles. The molecule has 0 aliphatic rings. The van der Waals surface area contributed by atoms with Crippen molar-refractivity contribution in [3.05, 3.63) is 30.3 Å². The average Bonchev–Trinajstić information content (AvgIpc) is 2.14. The summed E-state index contributed by atoms with van der Waals surface area (Å²) in [6.45, 7) is 0.478. The molecule has 60 valence electrons. The molecule has 0 aliphatic heterocycles. The second-order valence-corrected chi connectivity index (χ2v) is 2.21. The number of azo groups is 1. The van der Waals surface area contributed by atoms with E-state index in [2.05, 4.69) is 10.2 Å². The van der Waals surface area contributed by atoms with Crippen LogP contribution in [0.5, 0.6) is 0 Å². The first-order chi connectivity index (χ1) is 5.93. The average molecular weight is 159 g/mol. The van der Waals surface area contributed by atoms with Gasteiger partial charge in [0.25, 0.3) is 0 Å². The number of benzene rings is 1. The van der Waals surface area contributed by atoms with Crippen LogP contribution in [0, 0.1) is 11.3 Å². The molecule has 0 aliphatic carbocycles. The van der Waals surface area contributed by atoms with Gasteiger partial charge in [0.05, 0.1) is 24.7 Å². The molecule has 1 aromatic carbocycles. The molecule has 0 fully saturated rings. The molecular weight excluding hydrogens is 150 g/mol. The van der Waals surface area contributed by atoms with Crippen LogP contribution >= 0.6 is 0 Å². The summed E-state index contributed by atoms with van der Waals surface area (Å²) < 4.78 is 0. The normalized spacial score (nSPS) is 9.92. The number of nitriles is 1. The van der Waals surface area contributed by atoms with Crippen molar-refractivity contribution in [2.45, 2.75) is 6.42 Å². The maximum Gasteiger partial charge on any atom is 0.0852 e. The van der Waals surface area contributed by atoms with E-state index in [0.29, 0.717) is 13.0 Å². The van der Waals surface area contributed by atoms with E-state index in [1.54, 1.807) is 0 Å². The van der Waals surface area contributed by atoms with Crippen LogP contribution in [0.1, 0.15) is 6.42 Å². The van der Waals surface area contributed by atoms with Gasteiger partial charge in [0.1, 0.15) is 0 Å². The van der Waals surface area contributed by atoms with E-state index in [1.165, 1.54) is 0 Å². The zero-order chi connectivity index (χ0) is 8.65. The molecule has 0 unspecified atom stereocenters. The second-order valence-electron chi connectivity index (χ2n) is 2.21. The predicted molar refractivity (Wildman–Crippen MR) is 46.1 cm³/mol. The largest absolute Gasteiger partial charge is 0.198 e. The van der Waals surface area contributed by atoms with Crippen LogP contribution in [-0.2, 0) is 0 Å². The van der Waals surface area contributed by atoms with Crippen LogP contribution in [-0.4, -0.2) is 6.54 Å². The van der Waals surface area contributed by atoms with Crippen molar-refractivity contribution >= 4 is 5.69 Å². The Hall–Kier alpha value is -1.69. The Morgan fingerprint density at radius 2 is 2.00 bits per heavy atom. The third-order valence-corrected chi connectivity index (χ3v) is 1.27. The van der Waals surface area contributed by atoms with E-state index in [4.69, 9.17) is 5.26 Å². The number of rotatable bonds is 3. The van der Waals surface area contributed by atoms with Gasteiger partial charge in [-0.05, 0) is 12.1 Å². The molecule has 0 aromatic heterocycles. The van der Waals surface area contributed by atoms with Gasteiger partial charge in [-0.1, -0.05) is 18.2 Å². The second kappa shape index (κ2) is 5.03. The quantitative estimate of drug-likeness (QED) is 0.494. The molecule has 0 N–H and O–H groups in total. The lowest BCUT2D eigenvalue weighted by Gasteiger charge is -1.88. The highest BCUT2D eigenvalue weighted by atomic mass is 15.1. The van der Waals surface area contributed by atoms with Gasteiger partial charge in [0, 0.05) is 0 Å². The van der Waals surface area contributed by atoms with Gasteiger partial charge in [-0.15, -0.1) is 0 Å². The van der Waals surface area contributed by atoms with Crippen molar-refractivity contribution in [1.29, 1.82) is 5.26 Å². The summed E-state index contributed by atoms with van der Waals surface area (Å²) in [6.07, 6.45) is 0.427. The third-order valence-electron chi connectivity index (χ3n) is 1.27. The molecule has 3 heteroatoms. The van der Waals surface area contributed by atoms with Gasteiger partial charge < -0.3 is 0 Å². The van der Waals surface area contributed by atoms with Crippen LogP contribution in [0.3, 0.4) is 0 Å². The van der Waals surface area contributed by atoms with Gasteiger partial charge >= 0.3 is 0 Å². The van der Waals surface area contributed by atoms with Crippen LogP contribution in [0.25, 0.3) is 0 Å². The molecule has 0 radical (unpaired) electrons. The Labute approximate surface area is 71.4 Å².